The van der Waals surface area contributed by atoms with E-state index < -0.39 is 28.1 Å². The van der Waals surface area contributed by atoms with E-state index in [0.717, 1.165) is 5.56 Å². The minimum absolute atomic E-state index is 0.0136. The number of rotatable bonds is 8. The number of carbonyl (C=O) groups is 2. The molecule has 0 aliphatic heterocycles. The molecule has 0 bridgehead atoms. The predicted octanol–water partition coefficient (Wildman–Crippen LogP) is 3.15. The molecular weight excluding hydrogens is 408 g/mol. The van der Waals surface area contributed by atoms with Crippen molar-refractivity contribution in [2.24, 2.45) is 0 Å². The molecule has 2 amide bonds. The molecule has 0 aliphatic rings. The average molecular weight is 435 g/mol. The predicted molar refractivity (Wildman–Crippen MR) is 112 cm³/mol. The molecule has 0 spiro atoms. The Balaban J connectivity index is 2.11. The third kappa shape index (κ3) is 6.77. The number of benzene rings is 2. The summed E-state index contributed by atoms with van der Waals surface area (Å²) in [6.07, 6.45) is -1.25. The van der Waals surface area contributed by atoms with Crippen molar-refractivity contribution in [2.45, 2.75) is 24.5 Å². The quantitative estimate of drug-likeness (QED) is 0.685. The van der Waals surface area contributed by atoms with Crippen molar-refractivity contribution < 1.29 is 27.5 Å². The van der Waals surface area contributed by atoms with Crippen molar-refractivity contribution in [3.05, 3.63) is 65.7 Å². The molecule has 0 saturated heterocycles. The average Bonchev–Trinajstić information content (AvgIpc) is 2.75. The molecule has 0 radical (unpaired) electrons. The van der Waals surface area contributed by atoms with Crippen LogP contribution in [0.5, 0.6) is 0 Å². The second-order valence-electron chi connectivity index (χ2n) is 6.70. The largest absolute Gasteiger partial charge is 0.447 e. The van der Waals surface area contributed by atoms with Gasteiger partial charge in [0.2, 0.25) is 0 Å². The Morgan fingerprint density at radius 3 is 2.20 bits per heavy atom. The van der Waals surface area contributed by atoms with Crippen LogP contribution < -0.4 is 5.32 Å². The van der Waals surface area contributed by atoms with Crippen LogP contribution in [0.4, 0.5) is 9.59 Å². The van der Waals surface area contributed by atoms with Crippen molar-refractivity contribution in [3.8, 4) is 0 Å². The summed E-state index contributed by atoms with van der Waals surface area (Å²) in [7, 11) is -0.254. The van der Waals surface area contributed by atoms with Crippen LogP contribution in [0.1, 0.15) is 24.1 Å². The van der Waals surface area contributed by atoms with Crippen LogP contribution in [0.3, 0.4) is 0 Å². The first kappa shape index (κ1) is 23.2. The molecule has 1 atom stereocenters. The molecule has 0 aliphatic carbocycles. The van der Waals surface area contributed by atoms with Crippen molar-refractivity contribution >= 4 is 22.0 Å². The van der Waals surface area contributed by atoms with Gasteiger partial charge in [0.25, 0.3) is 0 Å². The number of amides is 2. The Kier molecular flexibility index (Phi) is 8.23. The zero-order chi connectivity index (χ0) is 22.1. The maximum absolute atomic E-state index is 12.3. The van der Waals surface area contributed by atoms with Gasteiger partial charge >= 0.3 is 12.2 Å². The molecule has 0 aromatic heterocycles. The SMILES string of the molecule is CCS(=O)(=O)c1ccc(C(COC(=O)N(C)C)NC(=O)OCc2ccccc2)cc1. The van der Waals surface area contributed by atoms with E-state index in [-0.39, 0.29) is 23.9 Å². The zero-order valence-corrected chi connectivity index (χ0v) is 18.0. The topological polar surface area (TPSA) is 102 Å². The van der Waals surface area contributed by atoms with Crippen LogP contribution in [-0.4, -0.2) is 52.0 Å². The normalized spacial score (nSPS) is 12.0. The van der Waals surface area contributed by atoms with Gasteiger partial charge in [-0.2, -0.15) is 0 Å². The van der Waals surface area contributed by atoms with Gasteiger partial charge in [-0.3, -0.25) is 0 Å². The fraction of sp³-hybridized carbons (Fsp3) is 0.333. The molecule has 0 saturated carbocycles. The molecule has 162 valence electrons. The lowest BCUT2D eigenvalue weighted by Gasteiger charge is -2.20. The summed E-state index contributed by atoms with van der Waals surface area (Å²) in [5, 5.41) is 2.66. The highest BCUT2D eigenvalue weighted by atomic mass is 32.2. The molecule has 1 unspecified atom stereocenters. The third-order valence-electron chi connectivity index (χ3n) is 4.27. The molecule has 2 aromatic carbocycles. The first-order valence-corrected chi connectivity index (χ1v) is 11.0. The van der Waals surface area contributed by atoms with E-state index in [1.54, 1.807) is 33.2 Å². The summed E-state index contributed by atoms with van der Waals surface area (Å²) in [5.74, 6) is -0.0136. The number of nitrogens with zero attached hydrogens (tertiary/aromatic N) is 1. The van der Waals surface area contributed by atoms with Gasteiger partial charge in [0, 0.05) is 14.1 Å². The Labute approximate surface area is 176 Å². The monoisotopic (exact) mass is 434 g/mol. The first-order chi connectivity index (χ1) is 14.2. The van der Waals surface area contributed by atoms with Gasteiger partial charge in [-0.05, 0) is 23.3 Å². The number of ether oxygens (including phenoxy) is 2. The maximum Gasteiger partial charge on any atom is 0.409 e. The van der Waals surface area contributed by atoms with Crippen LogP contribution in [-0.2, 0) is 25.9 Å². The van der Waals surface area contributed by atoms with Gasteiger partial charge in [-0.15, -0.1) is 0 Å². The highest BCUT2D eigenvalue weighted by Crippen LogP contribution is 2.19. The molecule has 0 heterocycles. The summed E-state index contributed by atoms with van der Waals surface area (Å²) < 4.78 is 34.4. The number of nitrogens with one attached hydrogen (secondary N) is 1. The van der Waals surface area contributed by atoms with E-state index in [2.05, 4.69) is 5.32 Å². The van der Waals surface area contributed by atoms with Gasteiger partial charge in [-0.25, -0.2) is 18.0 Å². The number of carbonyl (C=O) groups excluding carboxylic acids is 2. The first-order valence-electron chi connectivity index (χ1n) is 9.37. The molecule has 0 fully saturated rings. The highest BCUT2D eigenvalue weighted by molar-refractivity contribution is 7.91. The molecule has 2 rings (SSSR count). The zero-order valence-electron chi connectivity index (χ0n) is 17.2. The summed E-state index contributed by atoms with van der Waals surface area (Å²) >= 11 is 0. The number of alkyl carbamates (subject to hydrolysis) is 1. The standard InChI is InChI=1S/C21H26N2O6S/c1-4-30(26,27)18-12-10-17(11-13-18)19(15-29-21(25)23(2)3)22-20(24)28-14-16-8-6-5-7-9-16/h5-13,19H,4,14-15H2,1-3H3,(H,22,24). The van der Waals surface area contributed by atoms with Crippen LogP contribution in [0.25, 0.3) is 0 Å². The Hall–Kier alpha value is -3.07. The molecular formula is C21H26N2O6S. The van der Waals surface area contributed by atoms with Crippen LogP contribution >= 0.6 is 0 Å². The van der Waals surface area contributed by atoms with Crippen molar-refractivity contribution in [3.63, 3.8) is 0 Å². The summed E-state index contributed by atoms with van der Waals surface area (Å²) in [6, 6.07) is 14.6. The number of sulfone groups is 1. The summed E-state index contributed by atoms with van der Waals surface area (Å²) in [6.45, 7) is 1.51. The van der Waals surface area contributed by atoms with Gasteiger partial charge in [0.15, 0.2) is 9.84 Å². The Morgan fingerprint density at radius 1 is 1.00 bits per heavy atom. The molecule has 9 heteroatoms. The smallest absolute Gasteiger partial charge is 0.409 e. The van der Waals surface area contributed by atoms with E-state index in [4.69, 9.17) is 9.47 Å². The van der Waals surface area contributed by atoms with Crippen LogP contribution in [0.2, 0.25) is 0 Å². The minimum Gasteiger partial charge on any atom is -0.447 e. The lowest BCUT2D eigenvalue weighted by atomic mass is 10.1. The molecule has 8 nitrogen and oxygen atoms in total. The van der Waals surface area contributed by atoms with Crippen LogP contribution in [0, 0.1) is 0 Å². The summed E-state index contributed by atoms with van der Waals surface area (Å²) in [5.41, 5.74) is 1.41. The van der Waals surface area contributed by atoms with Crippen molar-refractivity contribution in [1.82, 2.24) is 10.2 Å². The van der Waals surface area contributed by atoms with Crippen molar-refractivity contribution in [2.75, 3.05) is 26.5 Å². The van der Waals surface area contributed by atoms with E-state index in [9.17, 15) is 18.0 Å². The van der Waals surface area contributed by atoms with Gasteiger partial charge in [0.05, 0.1) is 16.7 Å². The van der Waals surface area contributed by atoms with Gasteiger partial charge in [-0.1, -0.05) is 49.4 Å². The van der Waals surface area contributed by atoms with E-state index in [1.165, 1.54) is 17.0 Å². The molecule has 2 aromatic rings. The maximum atomic E-state index is 12.3. The lowest BCUT2D eigenvalue weighted by molar-refractivity contribution is 0.0993. The number of hydrogen-bond donors (Lipinski definition) is 1. The van der Waals surface area contributed by atoms with Gasteiger partial charge < -0.3 is 19.7 Å². The summed E-state index contributed by atoms with van der Waals surface area (Å²) in [4.78, 5) is 25.5. The second kappa shape index (κ2) is 10.6. The van der Waals surface area contributed by atoms with E-state index in [1.807, 2.05) is 30.3 Å². The lowest BCUT2D eigenvalue weighted by Crippen LogP contribution is -2.34. The number of hydrogen-bond acceptors (Lipinski definition) is 6. The van der Waals surface area contributed by atoms with E-state index >= 15 is 0 Å². The Bertz CT molecular complexity index is 943. The minimum atomic E-state index is -3.34. The second-order valence-corrected chi connectivity index (χ2v) is 8.98. The fourth-order valence-corrected chi connectivity index (χ4v) is 3.37. The van der Waals surface area contributed by atoms with Gasteiger partial charge in [0.1, 0.15) is 13.2 Å². The molecule has 1 N–H and O–H groups in total. The Morgan fingerprint density at radius 2 is 1.63 bits per heavy atom. The van der Waals surface area contributed by atoms with Crippen molar-refractivity contribution in [1.29, 1.82) is 0 Å². The molecule has 30 heavy (non-hydrogen) atoms. The van der Waals surface area contributed by atoms with Crippen LogP contribution in [0.15, 0.2) is 59.5 Å². The third-order valence-corrected chi connectivity index (χ3v) is 6.02. The highest BCUT2D eigenvalue weighted by Gasteiger charge is 2.20. The van der Waals surface area contributed by atoms with E-state index in [0.29, 0.717) is 5.56 Å². The fourth-order valence-electron chi connectivity index (χ4n) is 2.49.